The molecule has 0 aromatic heterocycles. The third-order valence-corrected chi connectivity index (χ3v) is 3.42. The molecule has 1 N–H and O–H groups in total. The number of hydrogen-bond donors (Lipinski definition) is 1. The van der Waals surface area contributed by atoms with Crippen molar-refractivity contribution in [3.8, 4) is 0 Å². The monoisotopic (exact) mass is 383 g/mol. The maximum absolute atomic E-state index is 11.7. The van der Waals surface area contributed by atoms with Crippen LogP contribution < -0.4 is 5.32 Å². The second-order valence-corrected chi connectivity index (χ2v) is 6.01. The maximum Gasteiger partial charge on any atom is 0.331 e. The van der Waals surface area contributed by atoms with E-state index in [2.05, 4.69) is 5.32 Å². The van der Waals surface area contributed by atoms with E-state index in [4.69, 9.17) is 39.5 Å². The summed E-state index contributed by atoms with van der Waals surface area (Å²) in [5, 5.41) is 3.87. The van der Waals surface area contributed by atoms with Crippen molar-refractivity contribution in [2.24, 2.45) is 0 Å². The second-order valence-electron chi connectivity index (χ2n) is 4.70. The first-order chi connectivity index (χ1) is 11.4. The number of benzene rings is 2. The van der Waals surface area contributed by atoms with Crippen LogP contribution in [0, 0.1) is 0 Å². The molecule has 2 aromatic rings. The van der Waals surface area contributed by atoms with Crippen LogP contribution in [0.4, 0.5) is 5.69 Å². The summed E-state index contributed by atoms with van der Waals surface area (Å²) in [5.41, 5.74) is 1.17. The Bertz CT molecular complexity index is 770. The number of amides is 1. The summed E-state index contributed by atoms with van der Waals surface area (Å²) in [5.74, 6) is -1.15. The highest BCUT2D eigenvalue weighted by molar-refractivity contribution is 6.35. The Labute approximate surface area is 154 Å². The highest BCUT2D eigenvalue weighted by atomic mass is 35.5. The summed E-state index contributed by atoms with van der Waals surface area (Å²) in [4.78, 5) is 23.3. The van der Waals surface area contributed by atoms with Gasteiger partial charge in [-0.15, -0.1) is 0 Å². The number of carbonyl (C=O) groups excluding carboxylic acids is 2. The van der Waals surface area contributed by atoms with Crippen molar-refractivity contribution >= 4 is 58.4 Å². The molecule has 0 aliphatic heterocycles. The molecule has 4 nitrogen and oxygen atoms in total. The molecule has 0 aliphatic rings. The smallest absolute Gasteiger partial charge is 0.331 e. The number of rotatable bonds is 5. The first-order valence-electron chi connectivity index (χ1n) is 6.79. The van der Waals surface area contributed by atoms with Crippen LogP contribution in [0.15, 0.2) is 48.5 Å². The zero-order chi connectivity index (χ0) is 17.5. The number of anilines is 1. The Morgan fingerprint density at radius 3 is 2.38 bits per heavy atom. The number of esters is 1. The van der Waals surface area contributed by atoms with Crippen molar-refractivity contribution in [2.75, 3.05) is 11.9 Å². The first kappa shape index (κ1) is 18.3. The van der Waals surface area contributed by atoms with Crippen molar-refractivity contribution in [3.05, 3.63) is 69.2 Å². The molecule has 7 heteroatoms. The van der Waals surface area contributed by atoms with Gasteiger partial charge in [-0.2, -0.15) is 0 Å². The lowest BCUT2D eigenvalue weighted by molar-refractivity contribution is -0.142. The molecule has 0 radical (unpaired) electrons. The van der Waals surface area contributed by atoms with Gasteiger partial charge in [0.05, 0.1) is 0 Å². The molecule has 0 spiro atoms. The molecule has 0 heterocycles. The third kappa shape index (κ3) is 6.24. The molecule has 124 valence electrons. The van der Waals surface area contributed by atoms with Crippen LogP contribution in [0.1, 0.15) is 5.56 Å². The molecule has 24 heavy (non-hydrogen) atoms. The molecular weight excluding hydrogens is 373 g/mol. The van der Waals surface area contributed by atoms with Crippen LogP contribution in [-0.4, -0.2) is 18.5 Å². The van der Waals surface area contributed by atoms with Crippen LogP contribution >= 0.6 is 34.8 Å². The molecule has 0 unspecified atom stereocenters. The maximum atomic E-state index is 11.7. The fourth-order valence-electron chi connectivity index (χ4n) is 1.78. The van der Waals surface area contributed by atoms with Gasteiger partial charge in [-0.25, -0.2) is 4.79 Å². The summed E-state index contributed by atoms with van der Waals surface area (Å²) in [6.07, 6.45) is 2.76. The van der Waals surface area contributed by atoms with E-state index in [1.165, 1.54) is 18.2 Å². The van der Waals surface area contributed by atoms with Gasteiger partial charge < -0.3 is 10.1 Å². The van der Waals surface area contributed by atoms with Gasteiger partial charge in [0.2, 0.25) is 0 Å². The molecule has 1 amide bonds. The van der Waals surface area contributed by atoms with E-state index < -0.39 is 18.5 Å². The number of ether oxygens (including phenoxy) is 1. The van der Waals surface area contributed by atoms with Crippen molar-refractivity contribution in [3.63, 3.8) is 0 Å². The van der Waals surface area contributed by atoms with Crippen LogP contribution in [0.2, 0.25) is 15.1 Å². The Morgan fingerprint density at radius 2 is 1.71 bits per heavy atom. The van der Waals surface area contributed by atoms with Crippen molar-refractivity contribution in [1.82, 2.24) is 0 Å². The molecule has 0 saturated carbocycles. The van der Waals surface area contributed by atoms with Gasteiger partial charge in [0.1, 0.15) is 0 Å². The number of hydrogen-bond acceptors (Lipinski definition) is 3. The van der Waals surface area contributed by atoms with Gasteiger partial charge in [0.25, 0.3) is 5.91 Å². The van der Waals surface area contributed by atoms with Crippen LogP contribution in [-0.2, 0) is 14.3 Å². The number of carbonyl (C=O) groups is 2. The Kier molecular flexibility index (Phi) is 6.67. The summed E-state index contributed by atoms with van der Waals surface area (Å²) in [6.45, 7) is -0.428. The molecular formula is C17H12Cl3NO3. The quantitative estimate of drug-likeness (QED) is 0.592. The minimum Gasteiger partial charge on any atom is -0.452 e. The Hall–Kier alpha value is -2.01. The Morgan fingerprint density at radius 1 is 1.00 bits per heavy atom. The average Bonchev–Trinajstić information content (AvgIpc) is 2.50. The Balaban J connectivity index is 1.83. The molecule has 0 bridgehead atoms. The van der Waals surface area contributed by atoms with Crippen LogP contribution in [0.5, 0.6) is 0 Å². The summed E-state index contributed by atoms with van der Waals surface area (Å²) in [7, 11) is 0. The molecule has 2 rings (SSSR count). The van der Waals surface area contributed by atoms with Gasteiger partial charge in [0.15, 0.2) is 6.61 Å². The largest absolute Gasteiger partial charge is 0.452 e. The van der Waals surface area contributed by atoms with E-state index in [1.54, 1.807) is 36.4 Å². The van der Waals surface area contributed by atoms with Crippen LogP contribution in [0.25, 0.3) is 6.08 Å². The highest BCUT2D eigenvalue weighted by Crippen LogP contribution is 2.22. The second kappa shape index (κ2) is 8.73. The fourth-order valence-corrected chi connectivity index (χ4v) is 2.51. The van der Waals surface area contributed by atoms with E-state index in [-0.39, 0.29) is 0 Å². The zero-order valence-corrected chi connectivity index (χ0v) is 14.5. The van der Waals surface area contributed by atoms with E-state index in [0.717, 1.165) is 5.56 Å². The molecule has 0 aliphatic carbocycles. The van der Waals surface area contributed by atoms with Gasteiger partial charge in [0, 0.05) is 26.8 Å². The summed E-state index contributed by atoms with van der Waals surface area (Å²) < 4.78 is 4.85. The summed E-state index contributed by atoms with van der Waals surface area (Å²) >= 11 is 17.5. The lowest BCUT2D eigenvalue weighted by Gasteiger charge is -2.06. The average molecular weight is 385 g/mol. The van der Waals surface area contributed by atoms with Crippen molar-refractivity contribution in [2.45, 2.75) is 0 Å². The molecule has 2 aromatic carbocycles. The molecule has 0 saturated heterocycles. The summed E-state index contributed by atoms with van der Waals surface area (Å²) in [6, 6.07) is 11.6. The zero-order valence-electron chi connectivity index (χ0n) is 12.3. The van der Waals surface area contributed by atoms with Gasteiger partial charge in [-0.3, -0.25) is 4.79 Å². The van der Waals surface area contributed by atoms with Gasteiger partial charge in [-0.05, 0) is 42.0 Å². The van der Waals surface area contributed by atoms with Crippen LogP contribution in [0.3, 0.4) is 0 Å². The van der Waals surface area contributed by atoms with E-state index in [0.29, 0.717) is 20.8 Å². The first-order valence-corrected chi connectivity index (χ1v) is 7.92. The fraction of sp³-hybridized carbons (Fsp3) is 0.0588. The third-order valence-electron chi connectivity index (χ3n) is 2.75. The minimum atomic E-state index is -0.644. The lowest BCUT2D eigenvalue weighted by atomic mass is 10.2. The van der Waals surface area contributed by atoms with Gasteiger partial charge in [-0.1, -0.05) is 46.9 Å². The van der Waals surface area contributed by atoms with E-state index in [9.17, 15) is 9.59 Å². The van der Waals surface area contributed by atoms with Crippen molar-refractivity contribution in [1.29, 1.82) is 0 Å². The standard InChI is InChI=1S/C17H12Cl3NO3/c18-12-3-1-2-11(6-12)4-5-17(23)24-10-16(22)21-15-8-13(19)7-14(20)9-15/h1-9H,10H2,(H,21,22)/b5-4+. The number of nitrogens with one attached hydrogen (secondary N) is 1. The molecule has 0 fully saturated rings. The highest BCUT2D eigenvalue weighted by Gasteiger charge is 2.07. The topological polar surface area (TPSA) is 55.4 Å². The van der Waals surface area contributed by atoms with Gasteiger partial charge >= 0.3 is 5.97 Å². The predicted octanol–water partition coefficient (Wildman–Crippen LogP) is 4.84. The predicted molar refractivity (Wildman–Crippen MR) is 96.5 cm³/mol. The molecule has 0 atom stereocenters. The number of halogens is 3. The lowest BCUT2D eigenvalue weighted by Crippen LogP contribution is -2.20. The van der Waals surface area contributed by atoms with Crippen molar-refractivity contribution < 1.29 is 14.3 Å². The SMILES string of the molecule is O=C(COC(=O)/C=C/c1cccc(Cl)c1)Nc1cc(Cl)cc(Cl)c1. The van der Waals surface area contributed by atoms with E-state index >= 15 is 0 Å². The van der Waals surface area contributed by atoms with E-state index in [1.807, 2.05) is 0 Å². The minimum absolute atomic E-state index is 0.388. The normalized spacial score (nSPS) is 10.6.